The van der Waals surface area contributed by atoms with E-state index in [9.17, 15) is 15.1 Å². The first-order valence-corrected chi connectivity index (χ1v) is 7.43. The topological polar surface area (TPSA) is 63.6 Å². The summed E-state index contributed by atoms with van der Waals surface area (Å²) in [5.41, 5.74) is 1.32. The van der Waals surface area contributed by atoms with Crippen molar-refractivity contribution in [1.29, 1.82) is 0 Å². The van der Waals surface area contributed by atoms with Gasteiger partial charge in [0.15, 0.2) is 0 Å². The van der Waals surface area contributed by atoms with Crippen molar-refractivity contribution >= 4 is 5.78 Å². The fourth-order valence-electron chi connectivity index (χ4n) is 4.80. The lowest BCUT2D eigenvalue weighted by Gasteiger charge is -2.60. The predicted octanol–water partition coefficient (Wildman–Crippen LogP) is 2.13. The van der Waals surface area contributed by atoms with E-state index in [1.54, 1.807) is 6.07 Å². The zero-order chi connectivity index (χ0) is 13.9. The Morgan fingerprint density at radius 2 is 2.25 bits per heavy atom. The van der Waals surface area contributed by atoms with Gasteiger partial charge in [0.2, 0.25) is 0 Å². The molecule has 3 aliphatic rings. The van der Waals surface area contributed by atoms with E-state index in [1.165, 1.54) is 0 Å². The minimum Gasteiger partial charge on any atom is -0.785 e. The molecule has 0 spiro atoms. The summed E-state index contributed by atoms with van der Waals surface area (Å²) in [6, 6.07) is 5.33. The summed E-state index contributed by atoms with van der Waals surface area (Å²) in [6.07, 6.45) is 3.63. The summed E-state index contributed by atoms with van der Waals surface area (Å²) < 4.78 is 0. The number of phenols is 1. The van der Waals surface area contributed by atoms with Crippen molar-refractivity contribution in [3.63, 3.8) is 0 Å². The second kappa shape index (κ2) is 4.06. The third kappa shape index (κ3) is 1.36. The van der Waals surface area contributed by atoms with Gasteiger partial charge in [0.05, 0.1) is 5.41 Å². The molecule has 4 heteroatoms. The number of Topliss-reactive ketones (excluding diaryl/α,β-unsaturated/α-hetero) is 1. The molecule has 1 saturated carbocycles. The highest BCUT2D eigenvalue weighted by molar-refractivity contribution is 5.92. The zero-order valence-corrected chi connectivity index (χ0v) is 11.3. The van der Waals surface area contributed by atoms with E-state index in [2.05, 4.69) is 0 Å². The molecule has 3 atom stereocenters. The molecule has 0 radical (unpaired) electrons. The minimum absolute atomic E-state index is 0.129. The molecule has 0 unspecified atom stereocenters. The van der Waals surface area contributed by atoms with Gasteiger partial charge in [-0.25, -0.2) is 0 Å². The van der Waals surface area contributed by atoms with Crippen LogP contribution in [-0.2, 0) is 16.6 Å². The predicted molar refractivity (Wildman–Crippen MR) is 74.3 cm³/mol. The molecule has 2 fully saturated rings. The lowest BCUT2D eigenvalue weighted by Crippen LogP contribution is -2.62. The number of hydrogen-bond donors (Lipinski definition) is 1. The number of phenolic OH excluding ortho intramolecular Hbond substituents is 1. The molecule has 0 aromatic heterocycles. The van der Waals surface area contributed by atoms with Crippen molar-refractivity contribution in [2.24, 2.45) is 5.92 Å². The number of piperidine rings is 1. The quantitative estimate of drug-likeness (QED) is 0.785. The molecule has 4 rings (SSSR count). The van der Waals surface area contributed by atoms with Crippen LogP contribution in [0.4, 0.5) is 0 Å². The van der Waals surface area contributed by atoms with Crippen LogP contribution in [0.5, 0.6) is 5.75 Å². The van der Waals surface area contributed by atoms with Crippen LogP contribution >= 0.6 is 0 Å². The average Bonchev–Trinajstić information content (AvgIpc) is 2.44. The van der Waals surface area contributed by atoms with Crippen LogP contribution in [0.1, 0.15) is 36.8 Å². The Morgan fingerprint density at radius 3 is 3.10 bits per heavy atom. The number of fused-ring (bicyclic) bond motifs is 1. The summed E-state index contributed by atoms with van der Waals surface area (Å²) in [5, 5.41) is 23.5. The maximum absolute atomic E-state index is 12.7. The van der Waals surface area contributed by atoms with Crippen LogP contribution in [0.15, 0.2) is 18.2 Å². The third-order valence-corrected chi connectivity index (χ3v) is 5.66. The van der Waals surface area contributed by atoms with Crippen LogP contribution < -0.4 is 0 Å². The molecule has 20 heavy (non-hydrogen) atoms. The fraction of sp³-hybridized carbons (Fsp3) is 0.562. The van der Waals surface area contributed by atoms with Crippen molar-refractivity contribution in [3.8, 4) is 5.75 Å². The number of nitrogens with zero attached hydrogens (tertiary/aromatic N) is 1. The highest BCUT2D eigenvalue weighted by Crippen LogP contribution is 2.55. The number of hydroxylamine groups is 2. The Labute approximate surface area is 118 Å². The molecule has 2 aliphatic carbocycles. The summed E-state index contributed by atoms with van der Waals surface area (Å²) in [4.78, 5) is 12.7. The summed E-state index contributed by atoms with van der Waals surface area (Å²) >= 11 is 0. The first-order valence-electron chi connectivity index (χ1n) is 7.43. The van der Waals surface area contributed by atoms with Gasteiger partial charge in [-0.2, -0.15) is 0 Å². The van der Waals surface area contributed by atoms with E-state index >= 15 is 0 Å². The zero-order valence-electron chi connectivity index (χ0n) is 11.3. The molecule has 106 valence electrons. The van der Waals surface area contributed by atoms with E-state index in [4.69, 9.17) is 0 Å². The van der Waals surface area contributed by atoms with Gasteiger partial charge in [0, 0.05) is 12.5 Å². The van der Waals surface area contributed by atoms with Gasteiger partial charge in [-0.15, -0.1) is 0 Å². The van der Waals surface area contributed by atoms with Gasteiger partial charge >= 0.3 is 0 Å². The summed E-state index contributed by atoms with van der Waals surface area (Å²) in [6.45, 7) is 0.433. The Hall–Kier alpha value is -1.39. The van der Waals surface area contributed by atoms with Crippen molar-refractivity contribution < 1.29 is 9.90 Å². The van der Waals surface area contributed by atoms with Crippen LogP contribution in [0.3, 0.4) is 0 Å². The molecular weight excluding hydrogens is 254 g/mol. The minimum atomic E-state index is -0.504. The number of rotatable bonds is 0. The Balaban J connectivity index is 1.98. The fourth-order valence-corrected chi connectivity index (χ4v) is 4.80. The molecule has 1 saturated heterocycles. The van der Waals surface area contributed by atoms with Crippen molar-refractivity contribution in [2.45, 2.75) is 43.6 Å². The van der Waals surface area contributed by atoms with Crippen LogP contribution in [0, 0.1) is 11.1 Å². The molecule has 1 aromatic carbocycles. The molecule has 1 aliphatic heterocycles. The summed E-state index contributed by atoms with van der Waals surface area (Å²) in [7, 11) is 0. The first kappa shape index (κ1) is 12.4. The molecule has 1 aromatic rings. The smallest absolute Gasteiger partial charge is 0.143 e. The van der Waals surface area contributed by atoms with Gasteiger partial charge in [0.25, 0.3) is 0 Å². The standard InChI is InChI=1S/C16H18NO3/c18-14-5-1-3-11-10(14)9-13-12-4-2-6-15(19)16(11,12)7-8-17(13)20/h1,3,5,12-13,18H,2,4,6-9H2/q-1/t12-,13+,16+/m0/s1. The maximum atomic E-state index is 12.7. The van der Waals surface area contributed by atoms with Gasteiger partial charge < -0.3 is 15.4 Å². The third-order valence-electron chi connectivity index (χ3n) is 5.66. The second-order valence-corrected chi connectivity index (χ2v) is 6.36. The molecule has 1 heterocycles. The largest absolute Gasteiger partial charge is 0.785 e. The number of carbonyl (C=O) groups excluding carboxylic acids is 1. The van der Waals surface area contributed by atoms with E-state index in [0.717, 1.165) is 29.0 Å². The van der Waals surface area contributed by atoms with E-state index in [1.807, 2.05) is 12.1 Å². The Bertz CT molecular complexity index is 585. The SMILES string of the molecule is O=C1CCC[C@H]2[C@H]3Cc4c(O)cccc4[C@@]12CCN3[O-]. The molecular formula is C16H18NO3-. The number of carbonyl (C=O) groups is 1. The lowest BCUT2D eigenvalue weighted by atomic mass is 9.52. The molecule has 1 N–H and O–H groups in total. The Kier molecular flexibility index (Phi) is 2.51. The van der Waals surface area contributed by atoms with Gasteiger partial charge in [-0.05, 0) is 55.3 Å². The van der Waals surface area contributed by atoms with Gasteiger partial charge in [0.1, 0.15) is 11.5 Å². The highest BCUT2D eigenvalue weighted by atomic mass is 16.5. The average molecular weight is 272 g/mol. The van der Waals surface area contributed by atoms with Crippen LogP contribution in [-0.4, -0.2) is 28.5 Å². The first-order chi connectivity index (χ1) is 9.64. The molecule has 4 nitrogen and oxygen atoms in total. The highest BCUT2D eigenvalue weighted by Gasteiger charge is 2.56. The van der Waals surface area contributed by atoms with Crippen molar-refractivity contribution in [1.82, 2.24) is 5.06 Å². The molecule has 0 amide bonds. The second-order valence-electron chi connectivity index (χ2n) is 6.36. The van der Waals surface area contributed by atoms with Crippen molar-refractivity contribution in [3.05, 3.63) is 34.5 Å². The normalized spacial score (nSPS) is 36.4. The van der Waals surface area contributed by atoms with Crippen LogP contribution in [0.2, 0.25) is 0 Å². The monoisotopic (exact) mass is 272 g/mol. The van der Waals surface area contributed by atoms with Gasteiger partial charge in [-0.1, -0.05) is 12.1 Å². The van der Waals surface area contributed by atoms with Crippen molar-refractivity contribution in [2.75, 3.05) is 6.54 Å². The number of ketones is 1. The number of benzene rings is 1. The molecule has 2 bridgehead atoms. The Morgan fingerprint density at radius 1 is 1.40 bits per heavy atom. The number of aromatic hydroxyl groups is 1. The lowest BCUT2D eigenvalue weighted by molar-refractivity contribution is -0.134. The summed E-state index contributed by atoms with van der Waals surface area (Å²) in [5.74, 6) is 0.640. The van der Waals surface area contributed by atoms with E-state index in [-0.39, 0.29) is 23.5 Å². The van der Waals surface area contributed by atoms with Gasteiger partial charge in [-0.3, -0.25) is 4.79 Å². The maximum Gasteiger partial charge on any atom is 0.143 e. The van der Waals surface area contributed by atoms with E-state index < -0.39 is 5.41 Å². The van der Waals surface area contributed by atoms with E-state index in [0.29, 0.717) is 25.8 Å². The number of hydrogen-bond acceptors (Lipinski definition) is 4. The van der Waals surface area contributed by atoms with Crippen LogP contribution in [0.25, 0.3) is 0 Å².